The Kier molecular flexibility index (Phi) is 3.49. The van der Waals surface area contributed by atoms with Gasteiger partial charge >= 0.3 is 6.09 Å². The van der Waals surface area contributed by atoms with Crippen LogP contribution in [0.3, 0.4) is 0 Å². The Morgan fingerprint density at radius 2 is 2.14 bits per heavy atom. The summed E-state index contributed by atoms with van der Waals surface area (Å²) in [5, 5.41) is 13.6. The Balaban J connectivity index is 2.68. The lowest BCUT2D eigenvalue weighted by Gasteiger charge is -2.02. The molecular weight excluding hydrogens is 184 g/mol. The molecule has 0 aliphatic rings. The van der Waals surface area contributed by atoms with Crippen molar-refractivity contribution in [2.45, 2.75) is 0 Å². The third-order valence-corrected chi connectivity index (χ3v) is 1.55. The van der Waals surface area contributed by atoms with Gasteiger partial charge in [-0.1, -0.05) is 17.3 Å². The highest BCUT2D eigenvalue weighted by Crippen LogP contribution is 2.08. The first-order valence-electron chi connectivity index (χ1n) is 3.88. The van der Waals surface area contributed by atoms with Gasteiger partial charge in [-0.3, -0.25) is 5.32 Å². The lowest BCUT2D eigenvalue weighted by Crippen LogP contribution is -2.10. The molecule has 0 saturated carbocycles. The fraction of sp³-hybridized carbons (Fsp3) is 0.111. The van der Waals surface area contributed by atoms with Crippen molar-refractivity contribution in [2.75, 3.05) is 12.4 Å². The van der Waals surface area contributed by atoms with E-state index in [-0.39, 0.29) is 0 Å². The van der Waals surface area contributed by atoms with E-state index in [1.807, 2.05) is 0 Å². The number of hydrogen-bond acceptors (Lipinski definition) is 4. The molecule has 0 unspecified atom stereocenters. The summed E-state index contributed by atoms with van der Waals surface area (Å²) < 4.78 is 4.42. The van der Waals surface area contributed by atoms with Gasteiger partial charge in [0, 0.05) is 5.69 Å². The molecule has 5 heteroatoms. The summed E-state index contributed by atoms with van der Waals surface area (Å²) in [6.07, 6.45) is 0.774. The molecule has 0 bridgehead atoms. The number of ether oxygens (including phenoxy) is 1. The van der Waals surface area contributed by atoms with Gasteiger partial charge < -0.3 is 9.94 Å². The third-order valence-electron chi connectivity index (χ3n) is 1.55. The minimum atomic E-state index is -0.520. The van der Waals surface area contributed by atoms with Crippen LogP contribution >= 0.6 is 0 Å². The third kappa shape index (κ3) is 2.78. The number of oxime groups is 1. The molecule has 0 spiro atoms. The van der Waals surface area contributed by atoms with E-state index in [0.29, 0.717) is 5.69 Å². The highest BCUT2D eigenvalue weighted by atomic mass is 16.5. The molecule has 0 aliphatic heterocycles. The molecule has 0 heterocycles. The highest BCUT2D eigenvalue weighted by molar-refractivity contribution is 5.86. The Bertz CT molecular complexity index is 332. The lowest BCUT2D eigenvalue weighted by atomic mass is 10.2. The van der Waals surface area contributed by atoms with Crippen LogP contribution in [-0.4, -0.2) is 24.6 Å². The largest absolute Gasteiger partial charge is 0.453 e. The zero-order chi connectivity index (χ0) is 10.4. The lowest BCUT2D eigenvalue weighted by molar-refractivity contribution is 0.187. The maximum atomic E-state index is 10.8. The SMILES string of the molecule is COC(=O)Nc1ccc(/C=N/O)cc1. The summed E-state index contributed by atoms with van der Waals surface area (Å²) in [5.41, 5.74) is 1.36. The van der Waals surface area contributed by atoms with Crippen LogP contribution in [0.25, 0.3) is 0 Å². The Hall–Kier alpha value is -2.04. The van der Waals surface area contributed by atoms with Crippen LogP contribution < -0.4 is 5.32 Å². The zero-order valence-electron chi connectivity index (χ0n) is 7.60. The molecule has 0 radical (unpaired) electrons. The van der Waals surface area contributed by atoms with Crippen molar-refractivity contribution < 1.29 is 14.7 Å². The number of methoxy groups -OCH3 is 1. The van der Waals surface area contributed by atoms with Crippen molar-refractivity contribution in [2.24, 2.45) is 5.16 Å². The highest BCUT2D eigenvalue weighted by Gasteiger charge is 1.98. The predicted octanol–water partition coefficient (Wildman–Crippen LogP) is 1.67. The van der Waals surface area contributed by atoms with Gasteiger partial charge in [-0.05, 0) is 17.7 Å². The molecule has 0 saturated heterocycles. The molecule has 1 rings (SSSR count). The summed E-state index contributed by atoms with van der Waals surface area (Å²) in [6, 6.07) is 6.75. The van der Waals surface area contributed by atoms with E-state index in [4.69, 9.17) is 5.21 Å². The quantitative estimate of drug-likeness (QED) is 0.427. The van der Waals surface area contributed by atoms with Crippen molar-refractivity contribution in [3.63, 3.8) is 0 Å². The monoisotopic (exact) mass is 194 g/mol. The minimum absolute atomic E-state index is 0.520. The fourth-order valence-corrected chi connectivity index (χ4v) is 0.888. The average Bonchev–Trinajstić information content (AvgIpc) is 2.21. The van der Waals surface area contributed by atoms with Crippen LogP contribution in [0, 0.1) is 0 Å². The number of benzene rings is 1. The van der Waals surface area contributed by atoms with Crippen molar-refractivity contribution in [3.05, 3.63) is 29.8 Å². The number of nitrogens with zero attached hydrogens (tertiary/aromatic N) is 1. The first kappa shape index (κ1) is 10.0. The molecule has 0 aliphatic carbocycles. The van der Waals surface area contributed by atoms with Gasteiger partial charge in [0.1, 0.15) is 0 Å². The first-order chi connectivity index (χ1) is 6.76. The summed E-state index contributed by atoms with van der Waals surface area (Å²) in [5.74, 6) is 0. The van der Waals surface area contributed by atoms with Crippen LogP contribution in [0.4, 0.5) is 10.5 Å². The van der Waals surface area contributed by atoms with Crippen LogP contribution in [0.2, 0.25) is 0 Å². The summed E-state index contributed by atoms with van der Waals surface area (Å²) in [7, 11) is 1.29. The molecule has 0 fully saturated rings. The molecule has 1 amide bonds. The maximum Gasteiger partial charge on any atom is 0.411 e. The molecule has 5 nitrogen and oxygen atoms in total. The Labute approximate surface area is 81.0 Å². The minimum Gasteiger partial charge on any atom is -0.453 e. The number of hydrogen-bond donors (Lipinski definition) is 2. The number of anilines is 1. The fourth-order valence-electron chi connectivity index (χ4n) is 0.888. The predicted molar refractivity (Wildman–Crippen MR) is 51.9 cm³/mol. The second-order valence-electron chi connectivity index (χ2n) is 2.48. The number of carbonyl (C=O) groups excluding carboxylic acids is 1. The van der Waals surface area contributed by atoms with E-state index in [9.17, 15) is 4.79 Å². The van der Waals surface area contributed by atoms with Crippen molar-refractivity contribution in [3.8, 4) is 0 Å². The van der Waals surface area contributed by atoms with E-state index < -0.39 is 6.09 Å². The standard InChI is InChI=1S/C9H10N2O3/c1-14-9(12)11-8-4-2-7(3-5-8)6-10-13/h2-6,13H,1H3,(H,11,12)/b10-6+. The topological polar surface area (TPSA) is 70.9 Å². The molecule has 74 valence electrons. The van der Waals surface area contributed by atoms with Crippen LogP contribution in [0.1, 0.15) is 5.56 Å². The summed E-state index contributed by atoms with van der Waals surface area (Å²) in [6.45, 7) is 0. The Morgan fingerprint density at radius 3 is 2.64 bits per heavy atom. The van der Waals surface area contributed by atoms with Gasteiger partial charge in [0.15, 0.2) is 0 Å². The molecule has 2 N–H and O–H groups in total. The van der Waals surface area contributed by atoms with E-state index in [0.717, 1.165) is 5.56 Å². The van der Waals surface area contributed by atoms with E-state index in [2.05, 4.69) is 15.2 Å². The number of amides is 1. The summed E-state index contributed by atoms with van der Waals surface area (Å²) >= 11 is 0. The van der Waals surface area contributed by atoms with Gasteiger partial charge in [0.2, 0.25) is 0 Å². The summed E-state index contributed by atoms with van der Waals surface area (Å²) in [4.78, 5) is 10.8. The van der Waals surface area contributed by atoms with Crippen LogP contribution in [-0.2, 0) is 4.74 Å². The van der Waals surface area contributed by atoms with Gasteiger partial charge in [-0.2, -0.15) is 0 Å². The second kappa shape index (κ2) is 4.86. The maximum absolute atomic E-state index is 10.8. The normalized spacial score (nSPS) is 10.1. The zero-order valence-corrected chi connectivity index (χ0v) is 7.60. The van der Waals surface area contributed by atoms with E-state index in [1.54, 1.807) is 24.3 Å². The van der Waals surface area contributed by atoms with Crippen molar-refractivity contribution in [1.29, 1.82) is 0 Å². The van der Waals surface area contributed by atoms with Crippen molar-refractivity contribution in [1.82, 2.24) is 0 Å². The number of rotatable bonds is 2. The molecule has 0 atom stereocenters. The average molecular weight is 194 g/mol. The van der Waals surface area contributed by atoms with Gasteiger partial charge in [0.05, 0.1) is 13.3 Å². The molecule has 1 aromatic carbocycles. The molecular formula is C9H10N2O3. The van der Waals surface area contributed by atoms with Gasteiger partial charge in [-0.25, -0.2) is 4.79 Å². The molecule has 0 aromatic heterocycles. The van der Waals surface area contributed by atoms with Gasteiger partial charge in [0.25, 0.3) is 0 Å². The van der Waals surface area contributed by atoms with E-state index in [1.165, 1.54) is 13.3 Å². The molecule has 1 aromatic rings. The van der Waals surface area contributed by atoms with Gasteiger partial charge in [-0.15, -0.1) is 0 Å². The number of carbonyl (C=O) groups is 1. The second-order valence-corrected chi connectivity index (χ2v) is 2.48. The van der Waals surface area contributed by atoms with Crippen LogP contribution in [0.5, 0.6) is 0 Å². The first-order valence-corrected chi connectivity index (χ1v) is 3.88. The Morgan fingerprint density at radius 1 is 1.50 bits per heavy atom. The molecule has 14 heavy (non-hydrogen) atoms. The number of nitrogens with one attached hydrogen (secondary N) is 1. The smallest absolute Gasteiger partial charge is 0.411 e. The van der Waals surface area contributed by atoms with Crippen LogP contribution in [0.15, 0.2) is 29.4 Å². The van der Waals surface area contributed by atoms with Crippen molar-refractivity contribution >= 4 is 18.0 Å². The van der Waals surface area contributed by atoms with E-state index >= 15 is 0 Å².